The maximum absolute atomic E-state index is 13.9. The number of aliphatic hydroxyl groups excluding tert-OH is 1. The average Bonchev–Trinajstić information content (AvgIpc) is 2.21. The van der Waals surface area contributed by atoms with E-state index < -0.39 is 11.9 Å². The fraction of sp³-hybridized carbons (Fsp3) is 0.545. The summed E-state index contributed by atoms with van der Waals surface area (Å²) >= 11 is 5.79. The Labute approximate surface area is 99.9 Å². The number of allylic oxidation sites excluding steroid dienone is 3. The normalized spacial score (nSPS) is 20.1. The van der Waals surface area contributed by atoms with E-state index in [2.05, 4.69) is 4.99 Å². The zero-order chi connectivity index (χ0) is 12.1. The molecule has 1 fully saturated rings. The second kappa shape index (κ2) is 6.01. The van der Waals surface area contributed by atoms with E-state index in [1.165, 1.54) is 6.21 Å². The van der Waals surface area contributed by atoms with E-state index in [4.69, 9.17) is 11.6 Å². The first-order valence-corrected chi connectivity index (χ1v) is 5.65. The van der Waals surface area contributed by atoms with Gasteiger partial charge in [0.15, 0.2) is 11.6 Å². The lowest BCUT2D eigenvalue weighted by molar-refractivity contribution is 0.0224. The van der Waals surface area contributed by atoms with Crippen molar-refractivity contribution in [2.45, 2.75) is 26.4 Å². The fourth-order valence-corrected chi connectivity index (χ4v) is 1.64. The molecule has 90 valence electrons. The molecule has 0 atom stereocenters. The minimum absolute atomic E-state index is 0.0736. The first-order chi connectivity index (χ1) is 7.60. The fourth-order valence-electron chi connectivity index (χ4n) is 1.40. The maximum atomic E-state index is 13.9. The van der Waals surface area contributed by atoms with Gasteiger partial charge in [0, 0.05) is 19.3 Å². The van der Waals surface area contributed by atoms with E-state index in [1.807, 2.05) is 6.92 Å². The number of β-amino-alcohol motifs (C(OH)–C–C–N with tert-alkyl or cyclic N) is 1. The van der Waals surface area contributed by atoms with Gasteiger partial charge in [0.1, 0.15) is 0 Å². The highest BCUT2D eigenvalue weighted by Gasteiger charge is 2.28. The molecule has 0 amide bonds. The lowest BCUT2D eigenvalue weighted by atomic mass is 10.1. The van der Waals surface area contributed by atoms with Crippen LogP contribution in [0.1, 0.15) is 20.3 Å². The van der Waals surface area contributed by atoms with Crippen molar-refractivity contribution in [3.05, 3.63) is 22.8 Å². The summed E-state index contributed by atoms with van der Waals surface area (Å²) in [6.07, 6.45) is 3.37. The summed E-state index contributed by atoms with van der Waals surface area (Å²) in [6, 6.07) is 0. The number of nitrogens with zero attached hydrogens (tertiary/aromatic N) is 2. The Balaban J connectivity index is 2.90. The SMILES string of the molecule is CC=N/C(=C(F)\C(Cl)=C\CC)N1CC(O)C1. The van der Waals surface area contributed by atoms with Crippen LogP contribution in [0.2, 0.25) is 0 Å². The molecule has 0 bridgehead atoms. The molecular weight excluding hydrogens is 231 g/mol. The third-order valence-corrected chi connectivity index (χ3v) is 2.52. The van der Waals surface area contributed by atoms with Gasteiger partial charge in [-0.05, 0) is 13.3 Å². The Morgan fingerprint density at radius 1 is 1.62 bits per heavy atom. The number of rotatable bonds is 4. The highest BCUT2D eigenvalue weighted by molar-refractivity contribution is 6.31. The molecule has 0 aromatic rings. The quantitative estimate of drug-likeness (QED) is 0.611. The summed E-state index contributed by atoms with van der Waals surface area (Å²) < 4.78 is 13.9. The van der Waals surface area contributed by atoms with Gasteiger partial charge in [-0.2, -0.15) is 0 Å². The molecule has 0 unspecified atom stereocenters. The predicted octanol–water partition coefficient (Wildman–Crippen LogP) is 2.42. The maximum Gasteiger partial charge on any atom is 0.183 e. The summed E-state index contributed by atoms with van der Waals surface area (Å²) in [5.41, 5.74) is 0. The Morgan fingerprint density at radius 2 is 2.25 bits per heavy atom. The lowest BCUT2D eigenvalue weighted by Gasteiger charge is -2.37. The van der Waals surface area contributed by atoms with Gasteiger partial charge in [-0.3, -0.25) is 0 Å². The monoisotopic (exact) mass is 246 g/mol. The molecule has 1 rings (SSSR count). The minimum atomic E-state index is -0.534. The first kappa shape index (κ1) is 13.2. The highest BCUT2D eigenvalue weighted by atomic mass is 35.5. The summed E-state index contributed by atoms with van der Waals surface area (Å²) in [7, 11) is 0. The molecular formula is C11H16ClFN2O. The van der Waals surface area contributed by atoms with E-state index in [0.717, 1.165) is 0 Å². The Bertz CT molecular complexity index is 333. The van der Waals surface area contributed by atoms with Gasteiger partial charge in [0.05, 0.1) is 11.1 Å². The second-order valence-electron chi connectivity index (χ2n) is 3.54. The van der Waals surface area contributed by atoms with Gasteiger partial charge in [-0.25, -0.2) is 9.38 Å². The van der Waals surface area contributed by atoms with Crippen LogP contribution in [0.25, 0.3) is 0 Å². The van der Waals surface area contributed by atoms with Crippen molar-refractivity contribution in [3.8, 4) is 0 Å². The molecule has 0 saturated carbocycles. The zero-order valence-corrected chi connectivity index (χ0v) is 10.2. The number of halogens is 2. The molecule has 1 heterocycles. The van der Waals surface area contributed by atoms with E-state index in [-0.39, 0.29) is 10.9 Å². The van der Waals surface area contributed by atoms with Crippen molar-refractivity contribution in [1.29, 1.82) is 0 Å². The summed E-state index contributed by atoms with van der Waals surface area (Å²) in [4.78, 5) is 5.61. The van der Waals surface area contributed by atoms with Gasteiger partial charge in [-0.15, -0.1) is 0 Å². The van der Waals surface area contributed by atoms with Gasteiger partial charge < -0.3 is 10.0 Å². The minimum Gasteiger partial charge on any atom is -0.389 e. The smallest absolute Gasteiger partial charge is 0.183 e. The van der Waals surface area contributed by atoms with E-state index in [0.29, 0.717) is 19.5 Å². The van der Waals surface area contributed by atoms with Crippen LogP contribution >= 0.6 is 11.6 Å². The van der Waals surface area contributed by atoms with Crippen molar-refractivity contribution in [3.63, 3.8) is 0 Å². The van der Waals surface area contributed by atoms with Crippen LogP contribution in [0.15, 0.2) is 27.7 Å². The molecule has 0 aromatic heterocycles. The van der Waals surface area contributed by atoms with Crippen molar-refractivity contribution >= 4 is 17.8 Å². The molecule has 3 nitrogen and oxygen atoms in total. The summed E-state index contributed by atoms with van der Waals surface area (Å²) in [5, 5.41) is 9.25. The molecule has 1 aliphatic rings. The number of likely N-dealkylation sites (tertiary alicyclic amines) is 1. The second-order valence-corrected chi connectivity index (χ2v) is 3.95. The van der Waals surface area contributed by atoms with Crippen molar-refractivity contribution in [2.75, 3.05) is 13.1 Å². The molecule has 1 N–H and O–H groups in total. The molecule has 0 radical (unpaired) electrons. The average molecular weight is 247 g/mol. The lowest BCUT2D eigenvalue weighted by Crippen LogP contribution is -2.49. The standard InChI is InChI=1S/C11H16ClFN2O/c1-3-5-9(12)10(13)11(14-4-2)15-6-8(16)7-15/h4-5,8,16H,3,6-7H2,1-2H3/b9-5-,11-10-,14-4?. The van der Waals surface area contributed by atoms with Crippen LogP contribution < -0.4 is 0 Å². The van der Waals surface area contributed by atoms with Crippen LogP contribution in [0.5, 0.6) is 0 Å². The largest absolute Gasteiger partial charge is 0.389 e. The number of aliphatic imine (C=N–C) groups is 1. The molecule has 1 saturated heterocycles. The Kier molecular flexibility index (Phi) is 4.96. The summed E-state index contributed by atoms with van der Waals surface area (Å²) in [6.45, 7) is 4.39. The van der Waals surface area contributed by atoms with Crippen LogP contribution in [0, 0.1) is 0 Å². The van der Waals surface area contributed by atoms with Crippen LogP contribution in [-0.4, -0.2) is 35.4 Å². The topological polar surface area (TPSA) is 35.8 Å². The third-order valence-electron chi connectivity index (χ3n) is 2.20. The van der Waals surface area contributed by atoms with Gasteiger partial charge in [0.25, 0.3) is 0 Å². The zero-order valence-electron chi connectivity index (χ0n) is 9.45. The number of hydrogen-bond acceptors (Lipinski definition) is 3. The van der Waals surface area contributed by atoms with E-state index in [1.54, 1.807) is 17.9 Å². The van der Waals surface area contributed by atoms with Gasteiger partial charge in [-0.1, -0.05) is 24.6 Å². The van der Waals surface area contributed by atoms with Crippen LogP contribution in [-0.2, 0) is 0 Å². The molecule has 0 aromatic carbocycles. The molecule has 5 heteroatoms. The summed E-state index contributed by atoms with van der Waals surface area (Å²) in [5.74, 6) is -0.337. The highest BCUT2D eigenvalue weighted by Crippen LogP contribution is 2.27. The van der Waals surface area contributed by atoms with Crippen LogP contribution in [0.4, 0.5) is 4.39 Å². The molecule has 0 spiro atoms. The predicted molar refractivity (Wildman–Crippen MR) is 64.1 cm³/mol. The van der Waals surface area contributed by atoms with Crippen molar-refractivity contribution < 1.29 is 9.50 Å². The van der Waals surface area contributed by atoms with E-state index in [9.17, 15) is 9.50 Å². The molecule has 16 heavy (non-hydrogen) atoms. The van der Waals surface area contributed by atoms with Crippen LogP contribution in [0.3, 0.4) is 0 Å². The van der Waals surface area contributed by atoms with Gasteiger partial charge >= 0.3 is 0 Å². The third kappa shape index (κ3) is 3.06. The number of aliphatic hydroxyl groups is 1. The van der Waals surface area contributed by atoms with Gasteiger partial charge in [0.2, 0.25) is 0 Å². The van der Waals surface area contributed by atoms with Crippen molar-refractivity contribution in [2.24, 2.45) is 4.99 Å². The number of hydrogen-bond donors (Lipinski definition) is 1. The molecule has 1 aliphatic heterocycles. The Hall–Kier alpha value is -0.870. The van der Waals surface area contributed by atoms with E-state index >= 15 is 0 Å². The Morgan fingerprint density at radius 3 is 2.69 bits per heavy atom. The molecule has 0 aliphatic carbocycles. The first-order valence-electron chi connectivity index (χ1n) is 5.27. The van der Waals surface area contributed by atoms with Crippen molar-refractivity contribution in [1.82, 2.24) is 4.90 Å².